The van der Waals surface area contributed by atoms with E-state index in [0.29, 0.717) is 6.54 Å². The van der Waals surface area contributed by atoms with Crippen molar-refractivity contribution in [1.29, 1.82) is 0 Å². The van der Waals surface area contributed by atoms with Gasteiger partial charge in [0.05, 0.1) is 17.6 Å². The van der Waals surface area contributed by atoms with Gasteiger partial charge in [-0.2, -0.15) is 9.78 Å². The smallest absolute Gasteiger partial charge is 0.332 e. The first-order chi connectivity index (χ1) is 14.5. The molecule has 0 aliphatic rings. The van der Waals surface area contributed by atoms with E-state index in [1.54, 1.807) is 18.6 Å². The molecule has 6 nitrogen and oxygen atoms in total. The number of benzene rings is 1. The summed E-state index contributed by atoms with van der Waals surface area (Å²) in [6, 6.07) is 15.7. The Morgan fingerprint density at radius 2 is 1.77 bits per heavy atom. The summed E-state index contributed by atoms with van der Waals surface area (Å²) in [5.74, 6) is 0. The standard InChI is InChI=1S/C24H23N5O/c1-16-11-19(13-26-23(16)21-9-10-25-17(2)12-21)14-27-24(30)29-18(3)22(15-28-29)20-7-5-4-6-8-20/h4-13,15H,14H2,1-3H3,(H,27,30). The average Bonchev–Trinajstić information content (AvgIpc) is 3.14. The highest BCUT2D eigenvalue weighted by atomic mass is 16.2. The lowest BCUT2D eigenvalue weighted by molar-refractivity contribution is 0.238. The van der Waals surface area contributed by atoms with Crippen LogP contribution in [0.25, 0.3) is 22.4 Å². The monoisotopic (exact) mass is 397 g/mol. The summed E-state index contributed by atoms with van der Waals surface area (Å²) in [4.78, 5) is 21.5. The second-order valence-electron chi connectivity index (χ2n) is 7.28. The molecule has 1 N–H and O–H groups in total. The SMILES string of the molecule is Cc1cc(-c2ncc(CNC(=O)n3ncc(-c4ccccc4)c3C)cc2C)ccn1. The maximum Gasteiger partial charge on any atom is 0.342 e. The molecule has 6 heteroatoms. The van der Waals surface area contributed by atoms with E-state index >= 15 is 0 Å². The summed E-state index contributed by atoms with van der Waals surface area (Å²) in [5, 5.41) is 7.19. The molecule has 0 radical (unpaired) electrons. The second kappa shape index (κ2) is 8.29. The van der Waals surface area contributed by atoms with Crippen LogP contribution in [-0.2, 0) is 6.54 Å². The van der Waals surface area contributed by atoms with Gasteiger partial charge in [-0.25, -0.2) is 4.79 Å². The van der Waals surface area contributed by atoms with Crippen molar-refractivity contribution >= 4 is 6.03 Å². The molecule has 0 aliphatic carbocycles. The van der Waals surface area contributed by atoms with Crippen molar-refractivity contribution in [2.24, 2.45) is 0 Å². The number of amides is 1. The van der Waals surface area contributed by atoms with Gasteiger partial charge in [-0.15, -0.1) is 0 Å². The van der Waals surface area contributed by atoms with Gasteiger partial charge in [-0.3, -0.25) is 9.97 Å². The van der Waals surface area contributed by atoms with Gasteiger partial charge >= 0.3 is 6.03 Å². The fourth-order valence-corrected chi connectivity index (χ4v) is 3.49. The molecular weight excluding hydrogens is 374 g/mol. The molecule has 1 aromatic carbocycles. The number of pyridine rings is 2. The fraction of sp³-hybridized carbons (Fsp3) is 0.167. The van der Waals surface area contributed by atoms with E-state index in [2.05, 4.69) is 20.4 Å². The Morgan fingerprint density at radius 3 is 2.50 bits per heavy atom. The first kappa shape index (κ1) is 19.5. The number of carbonyl (C=O) groups excluding carboxylic acids is 1. The van der Waals surface area contributed by atoms with E-state index < -0.39 is 0 Å². The lowest BCUT2D eigenvalue weighted by Gasteiger charge is -2.10. The maximum absolute atomic E-state index is 12.7. The third-order valence-corrected chi connectivity index (χ3v) is 5.04. The number of aromatic nitrogens is 4. The molecule has 4 aromatic rings. The van der Waals surface area contributed by atoms with Crippen LogP contribution in [0, 0.1) is 20.8 Å². The Bertz CT molecular complexity index is 1200. The highest BCUT2D eigenvalue weighted by molar-refractivity contribution is 5.79. The molecule has 0 unspecified atom stereocenters. The topological polar surface area (TPSA) is 72.7 Å². The summed E-state index contributed by atoms with van der Waals surface area (Å²) in [6.45, 7) is 6.25. The van der Waals surface area contributed by atoms with Crippen LogP contribution < -0.4 is 5.32 Å². The quantitative estimate of drug-likeness (QED) is 0.542. The number of rotatable bonds is 4. The van der Waals surface area contributed by atoms with Crippen LogP contribution in [0.1, 0.15) is 22.5 Å². The van der Waals surface area contributed by atoms with Crippen LogP contribution >= 0.6 is 0 Å². The summed E-state index contributed by atoms with van der Waals surface area (Å²) in [5.41, 5.74) is 7.68. The largest absolute Gasteiger partial charge is 0.342 e. The predicted molar refractivity (Wildman–Crippen MR) is 117 cm³/mol. The molecule has 3 heterocycles. The minimum absolute atomic E-state index is 0.263. The van der Waals surface area contributed by atoms with Gasteiger partial charge in [0.15, 0.2) is 0 Å². The van der Waals surface area contributed by atoms with E-state index in [9.17, 15) is 4.79 Å². The summed E-state index contributed by atoms with van der Waals surface area (Å²) in [7, 11) is 0. The van der Waals surface area contributed by atoms with Gasteiger partial charge in [-0.05, 0) is 49.6 Å². The minimum Gasteiger partial charge on any atom is -0.332 e. The highest BCUT2D eigenvalue weighted by Crippen LogP contribution is 2.23. The Morgan fingerprint density at radius 1 is 0.967 bits per heavy atom. The van der Waals surface area contributed by atoms with Crippen molar-refractivity contribution in [1.82, 2.24) is 25.1 Å². The van der Waals surface area contributed by atoms with Crippen LogP contribution in [0.2, 0.25) is 0 Å². The molecule has 3 aromatic heterocycles. The summed E-state index contributed by atoms with van der Waals surface area (Å²) in [6.07, 6.45) is 5.31. The first-order valence-electron chi connectivity index (χ1n) is 9.79. The number of aryl methyl sites for hydroxylation is 2. The van der Waals surface area contributed by atoms with E-state index in [1.165, 1.54) is 4.68 Å². The third kappa shape index (κ3) is 3.98. The molecule has 1 amide bonds. The average molecular weight is 397 g/mol. The molecule has 0 bridgehead atoms. The van der Waals surface area contributed by atoms with Crippen molar-refractivity contribution in [2.45, 2.75) is 27.3 Å². The second-order valence-corrected chi connectivity index (χ2v) is 7.28. The zero-order valence-electron chi connectivity index (χ0n) is 17.3. The molecule has 4 rings (SSSR count). The van der Waals surface area contributed by atoms with Crippen molar-refractivity contribution < 1.29 is 4.79 Å². The van der Waals surface area contributed by atoms with Crippen LogP contribution in [-0.4, -0.2) is 25.8 Å². The fourth-order valence-electron chi connectivity index (χ4n) is 3.49. The zero-order chi connectivity index (χ0) is 21.1. The third-order valence-electron chi connectivity index (χ3n) is 5.04. The van der Waals surface area contributed by atoms with E-state index in [0.717, 1.165) is 44.9 Å². The van der Waals surface area contributed by atoms with E-state index in [-0.39, 0.29) is 6.03 Å². The number of nitrogens with zero attached hydrogens (tertiary/aromatic N) is 4. The van der Waals surface area contributed by atoms with Gasteiger partial charge in [0.1, 0.15) is 0 Å². The zero-order valence-corrected chi connectivity index (χ0v) is 17.3. The Labute approximate surface area is 175 Å². The van der Waals surface area contributed by atoms with Crippen LogP contribution in [0.3, 0.4) is 0 Å². The lowest BCUT2D eigenvalue weighted by atomic mass is 10.1. The Hall–Kier alpha value is -3.80. The maximum atomic E-state index is 12.7. The highest BCUT2D eigenvalue weighted by Gasteiger charge is 2.14. The van der Waals surface area contributed by atoms with Crippen LogP contribution in [0.15, 0.2) is 67.1 Å². The number of hydrogen-bond donors (Lipinski definition) is 1. The van der Waals surface area contributed by atoms with Crippen molar-refractivity contribution in [3.63, 3.8) is 0 Å². The van der Waals surface area contributed by atoms with Crippen molar-refractivity contribution in [3.8, 4) is 22.4 Å². The van der Waals surface area contributed by atoms with Crippen LogP contribution in [0.5, 0.6) is 0 Å². The molecule has 30 heavy (non-hydrogen) atoms. The van der Waals surface area contributed by atoms with Crippen molar-refractivity contribution in [2.75, 3.05) is 0 Å². The van der Waals surface area contributed by atoms with Gasteiger partial charge < -0.3 is 5.32 Å². The van der Waals surface area contributed by atoms with E-state index in [1.807, 2.05) is 69.3 Å². The van der Waals surface area contributed by atoms with Crippen LogP contribution in [0.4, 0.5) is 4.79 Å². The van der Waals surface area contributed by atoms with Crippen molar-refractivity contribution in [3.05, 3.63) is 89.6 Å². The molecule has 0 spiro atoms. The lowest BCUT2D eigenvalue weighted by Crippen LogP contribution is -2.29. The molecule has 0 aliphatic heterocycles. The van der Waals surface area contributed by atoms with Gasteiger partial charge in [0, 0.05) is 35.8 Å². The van der Waals surface area contributed by atoms with E-state index in [4.69, 9.17) is 0 Å². The molecular formula is C24H23N5O. The molecule has 0 saturated heterocycles. The predicted octanol–water partition coefficient (Wildman–Crippen LogP) is 4.69. The van der Waals surface area contributed by atoms with Gasteiger partial charge in [0.25, 0.3) is 0 Å². The van der Waals surface area contributed by atoms with Gasteiger partial charge in [-0.1, -0.05) is 36.4 Å². The first-order valence-corrected chi connectivity index (χ1v) is 9.79. The summed E-state index contributed by atoms with van der Waals surface area (Å²) >= 11 is 0. The molecule has 0 saturated carbocycles. The summed E-state index contributed by atoms with van der Waals surface area (Å²) < 4.78 is 1.40. The molecule has 0 fully saturated rings. The number of carbonyl (C=O) groups is 1. The minimum atomic E-state index is -0.263. The number of hydrogen-bond acceptors (Lipinski definition) is 4. The Balaban J connectivity index is 1.47. The molecule has 0 atom stereocenters. The van der Waals surface area contributed by atoms with Gasteiger partial charge in [0.2, 0.25) is 0 Å². The Kier molecular flexibility index (Phi) is 5.39. The molecule has 150 valence electrons. The number of nitrogens with one attached hydrogen (secondary N) is 1. The normalized spacial score (nSPS) is 10.8.